The number of rotatable bonds is 6. The fourth-order valence-corrected chi connectivity index (χ4v) is 1.41. The van der Waals surface area contributed by atoms with Gasteiger partial charge in [-0.1, -0.05) is 0 Å². The standard InChI is InChI=1S/C12H21N3O2/c1-5-8-10(13)11(16)14-9(4)12(17)15(6-2)7-3/h1,9-10H,6-8,13H2,2-4H3,(H,14,16). The number of amides is 2. The molecular formula is C12H21N3O2. The van der Waals surface area contributed by atoms with Crippen LogP contribution in [0, 0.1) is 12.3 Å². The second kappa shape index (κ2) is 7.69. The summed E-state index contributed by atoms with van der Waals surface area (Å²) in [6, 6.07) is -1.34. The fourth-order valence-electron chi connectivity index (χ4n) is 1.41. The highest BCUT2D eigenvalue weighted by molar-refractivity contribution is 5.89. The van der Waals surface area contributed by atoms with Gasteiger partial charge in [-0.3, -0.25) is 9.59 Å². The molecule has 0 spiro atoms. The molecule has 0 bridgehead atoms. The van der Waals surface area contributed by atoms with Crippen LogP contribution in [0.4, 0.5) is 0 Å². The molecule has 0 rings (SSSR count). The van der Waals surface area contributed by atoms with E-state index < -0.39 is 18.0 Å². The van der Waals surface area contributed by atoms with E-state index >= 15 is 0 Å². The zero-order valence-corrected chi connectivity index (χ0v) is 10.7. The zero-order chi connectivity index (χ0) is 13.4. The lowest BCUT2D eigenvalue weighted by Gasteiger charge is -2.24. The van der Waals surface area contributed by atoms with Crippen LogP contribution in [-0.2, 0) is 9.59 Å². The first-order valence-corrected chi connectivity index (χ1v) is 5.76. The molecule has 0 aromatic heterocycles. The number of nitrogens with zero attached hydrogens (tertiary/aromatic N) is 1. The number of nitrogens with two attached hydrogens (primary N) is 1. The zero-order valence-electron chi connectivity index (χ0n) is 10.7. The Bertz CT molecular complexity index is 305. The Morgan fingerprint density at radius 1 is 1.41 bits per heavy atom. The lowest BCUT2D eigenvalue weighted by molar-refractivity contribution is -0.135. The van der Waals surface area contributed by atoms with E-state index in [0.29, 0.717) is 13.1 Å². The molecule has 0 heterocycles. The number of carbonyl (C=O) groups is 2. The van der Waals surface area contributed by atoms with Crippen molar-refractivity contribution >= 4 is 11.8 Å². The fraction of sp³-hybridized carbons (Fsp3) is 0.667. The van der Waals surface area contributed by atoms with E-state index in [9.17, 15) is 9.59 Å². The van der Waals surface area contributed by atoms with E-state index in [1.54, 1.807) is 11.8 Å². The largest absolute Gasteiger partial charge is 0.343 e. The molecule has 0 saturated carbocycles. The molecule has 0 saturated heterocycles. The number of likely N-dealkylation sites (N-methyl/N-ethyl adjacent to an activating group) is 1. The normalized spacial score (nSPS) is 13.4. The second-order valence-electron chi connectivity index (χ2n) is 3.76. The van der Waals surface area contributed by atoms with E-state index in [2.05, 4.69) is 11.2 Å². The van der Waals surface area contributed by atoms with E-state index in [1.807, 2.05) is 13.8 Å². The first kappa shape index (κ1) is 15.5. The molecular weight excluding hydrogens is 218 g/mol. The average Bonchev–Trinajstić information content (AvgIpc) is 2.30. The van der Waals surface area contributed by atoms with E-state index in [-0.39, 0.29) is 12.3 Å². The van der Waals surface area contributed by atoms with Crippen molar-refractivity contribution in [2.75, 3.05) is 13.1 Å². The predicted octanol–water partition coefficient (Wildman–Crippen LogP) is -0.290. The predicted molar refractivity (Wildman–Crippen MR) is 67.0 cm³/mol. The summed E-state index contributed by atoms with van der Waals surface area (Å²) in [5.74, 6) is 1.81. The van der Waals surface area contributed by atoms with Crippen LogP contribution in [0.5, 0.6) is 0 Å². The van der Waals surface area contributed by atoms with Crippen LogP contribution in [-0.4, -0.2) is 41.9 Å². The minimum Gasteiger partial charge on any atom is -0.343 e. The molecule has 0 fully saturated rings. The van der Waals surface area contributed by atoms with Crippen LogP contribution in [0.2, 0.25) is 0 Å². The van der Waals surface area contributed by atoms with E-state index in [4.69, 9.17) is 12.2 Å². The monoisotopic (exact) mass is 239 g/mol. The SMILES string of the molecule is C#CCC(N)C(=O)NC(C)C(=O)N(CC)CC. The summed E-state index contributed by atoms with van der Waals surface area (Å²) in [6.07, 6.45) is 5.23. The van der Waals surface area contributed by atoms with Gasteiger partial charge in [0, 0.05) is 19.5 Å². The van der Waals surface area contributed by atoms with Crippen molar-refractivity contribution in [2.45, 2.75) is 39.3 Å². The van der Waals surface area contributed by atoms with Gasteiger partial charge in [-0.05, 0) is 20.8 Å². The van der Waals surface area contributed by atoms with Gasteiger partial charge < -0.3 is 16.0 Å². The summed E-state index contributed by atoms with van der Waals surface area (Å²) in [7, 11) is 0. The third-order valence-electron chi connectivity index (χ3n) is 2.48. The summed E-state index contributed by atoms with van der Waals surface area (Å²) in [6.45, 7) is 6.65. The Labute approximate surface area is 103 Å². The topological polar surface area (TPSA) is 75.4 Å². The van der Waals surface area contributed by atoms with Crippen LogP contribution >= 0.6 is 0 Å². The van der Waals surface area contributed by atoms with E-state index in [0.717, 1.165) is 0 Å². The van der Waals surface area contributed by atoms with Crippen LogP contribution in [0.15, 0.2) is 0 Å². The summed E-state index contributed by atoms with van der Waals surface area (Å²) in [5, 5.41) is 2.56. The van der Waals surface area contributed by atoms with Gasteiger partial charge in [0.05, 0.1) is 6.04 Å². The molecule has 0 aliphatic carbocycles. The van der Waals surface area contributed by atoms with Crippen molar-refractivity contribution < 1.29 is 9.59 Å². The van der Waals surface area contributed by atoms with Crippen molar-refractivity contribution in [3.05, 3.63) is 0 Å². The molecule has 0 radical (unpaired) electrons. The van der Waals surface area contributed by atoms with Crippen LogP contribution < -0.4 is 11.1 Å². The van der Waals surface area contributed by atoms with Gasteiger partial charge in [0.15, 0.2) is 0 Å². The molecule has 5 nitrogen and oxygen atoms in total. The maximum absolute atomic E-state index is 11.9. The number of carbonyl (C=O) groups excluding carboxylic acids is 2. The molecule has 2 amide bonds. The van der Waals surface area contributed by atoms with Crippen molar-refractivity contribution in [3.8, 4) is 12.3 Å². The first-order chi connectivity index (χ1) is 7.97. The van der Waals surface area contributed by atoms with Gasteiger partial charge in [0.2, 0.25) is 11.8 Å². The van der Waals surface area contributed by atoms with Gasteiger partial charge in [0.25, 0.3) is 0 Å². The molecule has 5 heteroatoms. The molecule has 0 aromatic rings. The number of terminal acetylenes is 1. The van der Waals surface area contributed by atoms with Gasteiger partial charge in [0.1, 0.15) is 6.04 Å². The Morgan fingerprint density at radius 2 is 1.94 bits per heavy atom. The van der Waals surface area contributed by atoms with Gasteiger partial charge in [-0.2, -0.15) is 0 Å². The summed E-state index contributed by atoms with van der Waals surface area (Å²) >= 11 is 0. The third-order valence-corrected chi connectivity index (χ3v) is 2.48. The Morgan fingerprint density at radius 3 is 2.35 bits per heavy atom. The average molecular weight is 239 g/mol. The third kappa shape index (κ3) is 4.87. The quantitative estimate of drug-likeness (QED) is 0.625. The Balaban J connectivity index is 4.34. The highest BCUT2D eigenvalue weighted by atomic mass is 16.2. The molecule has 17 heavy (non-hydrogen) atoms. The van der Waals surface area contributed by atoms with Gasteiger partial charge >= 0.3 is 0 Å². The molecule has 0 aromatic carbocycles. The van der Waals surface area contributed by atoms with Gasteiger partial charge in [-0.15, -0.1) is 12.3 Å². The molecule has 3 N–H and O–H groups in total. The highest BCUT2D eigenvalue weighted by Crippen LogP contribution is 1.96. The maximum atomic E-state index is 11.9. The summed E-state index contributed by atoms with van der Waals surface area (Å²) in [5.41, 5.74) is 5.54. The minimum atomic E-state index is -0.757. The van der Waals surface area contributed by atoms with Crippen LogP contribution in [0.3, 0.4) is 0 Å². The van der Waals surface area contributed by atoms with Crippen molar-refractivity contribution in [2.24, 2.45) is 5.73 Å². The summed E-state index contributed by atoms with van der Waals surface area (Å²) in [4.78, 5) is 25.0. The van der Waals surface area contributed by atoms with Gasteiger partial charge in [-0.25, -0.2) is 0 Å². The van der Waals surface area contributed by atoms with Crippen molar-refractivity contribution in [1.82, 2.24) is 10.2 Å². The molecule has 2 atom stereocenters. The van der Waals surface area contributed by atoms with Crippen molar-refractivity contribution in [1.29, 1.82) is 0 Å². The Kier molecular flexibility index (Phi) is 6.99. The van der Waals surface area contributed by atoms with Crippen LogP contribution in [0.25, 0.3) is 0 Å². The highest BCUT2D eigenvalue weighted by Gasteiger charge is 2.22. The molecule has 0 aliphatic rings. The first-order valence-electron chi connectivity index (χ1n) is 5.76. The summed E-state index contributed by atoms with van der Waals surface area (Å²) < 4.78 is 0. The van der Waals surface area contributed by atoms with Crippen LogP contribution in [0.1, 0.15) is 27.2 Å². The maximum Gasteiger partial charge on any atom is 0.244 e. The van der Waals surface area contributed by atoms with E-state index in [1.165, 1.54) is 0 Å². The smallest absolute Gasteiger partial charge is 0.244 e. The molecule has 0 aliphatic heterocycles. The number of nitrogens with one attached hydrogen (secondary N) is 1. The lowest BCUT2D eigenvalue weighted by atomic mass is 10.2. The molecule has 96 valence electrons. The van der Waals surface area contributed by atoms with Crippen molar-refractivity contribution in [3.63, 3.8) is 0 Å². The second-order valence-corrected chi connectivity index (χ2v) is 3.76. The minimum absolute atomic E-state index is 0.115. The number of hydrogen-bond donors (Lipinski definition) is 2. The lowest BCUT2D eigenvalue weighted by Crippen LogP contribution is -2.51. The Hall–Kier alpha value is -1.54. The number of hydrogen-bond acceptors (Lipinski definition) is 3. The molecule has 2 unspecified atom stereocenters.